The van der Waals surface area contributed by atoms with Crippen molar-refractivity contribution in [1.82, 2.24) is 4.90 Å². The zero-order chi connectivity index (χ0) is 15.0. The maximum Gasteiger partial charge on any atom is 0.417 e. The fourth-order valence-corrected chi connectivity index (χ4v) is 3.54. The summed E-state index contributed by atoms with van der Waals surface area (Å²) in [7, 11) is 0. The Morgan fingerprint density at radius 3 is 2.67 bits per heavy atom. The number of alkyl halides is 3. The molecule has 2 nitrogen and oxygen atoms in total. The van der Waals surface area contributed by atoms with E-state index in [0.29, 0.717) is 11.7 Å². The molecule has 1 unspecified atom stereocenters. The summed E-state index contributed by atoms with van der Waals surface area (Å²) >= 11 is 5.68. The first-order valence-electron chi connectivity index (χ1n) is 7.31. The minimum absolute atomic E-state index is 0.234. The largest absolute Gasteiger partial charge is 0.417 e. The van der Waals surface area contributed by atoms with Crippen molar-refractivity contribution >= 4 is 17.3 Å². The van der Waals surface area contributed by atoms with E-state index in [1.165, 1.54) is 25.0 Å². The molecule has 2 heterocycles. The summed E-state index contributed by atoms with van der Waals surface area (Å²) < 4.78 is 38.9. The Labute approximate surface area is 127 Å². The lowest BCUT2D eigenvalue weighted by molar-refractivity contribution is -0.137. The number of nitrogens with zero attached hydrogens (tertiary/aromatic N) is 2. The van der Waals surface area contributed by atoms with E-state index in [0.717, 1.165) is 32.6 Å². The number of rotatable bonds is 1. The molecule has 1 aromatic rings. The Balaban J connectivity index is 1.81. The van der Waals surface area contributed by atoms with Crippen LogP contribution in [-0.2, 0) is 6.18 Å². The van der Waals surface area contributed by atoms with Gasteiger partial charge >= 0.3 is 6.18 Å². The molecule has 0 radical (unpaired) electrons. The van der Waals surface area contributed by atoms with Gasteiger partial charge in [-0.25, -0.2) is 0 Å². The number of hydrogen-bond acceptors (Lipinski definition) is 2. The highest BCUT2D eigenvalue weighted by Gasteiger charge is 2.35. The number of benzene rings is 1. The van der Waals surface area contributed by atoms with Gasteiger partial charge in [-0.05, 0) is 37.6 Å². The molecule has 1 atom stereocenters. The molecule has 2 fully saturated rings. The van der Waals surface area contributed by atoms with E-state index in [1.807, 2.05) is 0 Å². The van der Waals surface area contributed by atoms with Crippen molar-refractivity contribution in [2.45, 2.75) is 31.5 Å². The van der Waals surface area contributed by atoms with E-state index in [2.05, 4.69) is 9.80 Å². The molecule has 0 spiro atoms. The summed E-state index contributed by atoms with van der Waals surface area (Å²) in [6.45, 7) is 3.62. The number of fused-ring (bicyclic) bond motifs is 1. The van der Waals surface area contributed by atoms with Gasteiger partial charge in [0.1, 0.15) is 0 Å². The van der Waals surface area contributed by atoms with E-state index in [4.69, 9.17) is 11.6 Å². The monoisotopic (exact) mass is 318 g/mol. The van der Waals surface area contributed by atoms with Crippen LogP contribution in [0, 0.1) is 0 Å². The van der Waals surface area contributed by atoms with Crippen LogP contribution in [0.4, 0.5) is 18.9 Å². The average Bonchev–Trinajstić information content (AvgIpc) is 2.46. The second-order valence-electron chi connectivity index (χ2n) is 5.79. The molecule has 0 bridgehead atoms. The summed E-state index contributed by atoms with van der Waals surface area (Å²) in [4.78, 5) is 4.51. The zero-order valence-electron chi connectivity index (χ0n) is 11.7. The number of piperidine rings is 1. The van der Waals surface area contributed by atoms with E-state index in [1.54, 1.807) is 6.07 Å². The van der Waals surface area contributed by atoms with Gasteiger partial charge in [-0.1, -0.05) is 18.0 Å². The van der Waals surface area contributed by atoms with Crippen LogP contribution in [0.3, 0.4) is 0 Å². The normalized spacial score (nSPS) is 24.0. The van der Waals surface area contributed by atoms with Crippen LogP contribution in [-0.4, -0.2) is 37.1 Å². The number of halogens is 4. The first kappa shape index (κ1) is 15.0. The summed E-state index contributed by atoms with van der Waals surface area (Å²) in [6.07, 6.45) is -0.824. The molecule has 2 aliphatic heterocycles. The molecule has 0 aromatic heterocycles. The van der Waals surface area contributed by atoms with Crippen LogP contribution >= 0.6 is 11.6 Å². The van der Waals surface area contributed by atoms with Gasteiger partial charge in [0.05, 0.1) is 10.6 Å². The highest BCUT2D eigenvalue weighted by atomic mass is 35.5. The average molecular weight is 319 g/mol. The minimum atomic E-state index is -4.40. The quantitative estimate of drug-likeness (QED) is 0.771. The number of hydrogen-bond donors (Lipinski definition) is 0. The van der Waals surface area contributed by atoms with Crippen LogP contribution in [0.5, 0.6) is 0 Å². The van der Waals surface area contributed by atoms with E-state index in [9.17, 15) is 13.2 Å². The van der Waals surface area contributed by atoms with Gasteiger partial charge in [-0.2, -0.15) is 13.2 Å². The smallest absolute Gasteiger partial charge is 0.369 e. The third-order valence-corrected chi connectivity index (χ3v) is 4.79. The maximum absolute atomic E-state index is 13.0. The Hall–Kier alpha value is -0.940. The van der Waals surface area contributed by atoms with E-state index in [-0.39, 0.29) is 5.02 Å². The molecule has 0 amide bonds. The van der Waals surface area contributed by atoms with Crippen molar-refractivity contribution in [3.05, 3.63) is 28.8 Å². The zero-order valence-corrected chi connectivity index (χ0v) is 12.4. The van der Waals surface area contributed by atoms with Crippen molar-refractivity contribution in [2.24, 2.45) is 0 Å². The Morgan fingerprint density at radius 1 is 1.10 bits per heavy atom. The van der Waals surface area contributed by atoms with Gasteiger partial charge in [0.15, 0.2) is 0 Å². The Morgan fingerprint density at radius 2 is 1.90 bits per heavy atom. The van der Waals surface area contributed by atoms with Crippen molar-refractivity contribution in [3.63, 3.8) is 0 Å². The molecule has 1 aromatic carbocycles. The molecule has 116 valence electrons. The van der Waals surface area contributed by atoms with Crippen LogP contribution < -0.4 is 4.90 Å². The predicted octanol–water partition coefficient (Wildman–Crippen LogP) is 4.03. The molecule has 2 aliphatic rings. The molecule has 3 rings (SSSR count). The highest BCUT2D eigenvalue weighted by Crippen LogP contribution is 2.37. The summed E-state index contributed by atoms with van der Waals surface area (Å²) in [6, 6.07) is 4.70. The van der Waals surface area contributed by atoms with Crippen LogP contribution in [0.15, 0.2) is 18.2 Å². The number of anilines is 1. The number of piperazine rings is 1. The molecule has 0 N–H and O–H groups in total. The minimum Gasteiger partial charge on any atom is -0.369 e. The van der Waals surface area contributed by atoms with Crippen LogP contribution in [0.1, 0.15) is 24.8 Å². The third-order valence-electron chi connectivity index (χ3n) is 4.46. The van der Waals surface area contributed by atoms with Crippen LogP contribution in [0.2, 0.25) is 5.02 Å². The van der Waals surface area contributed by atoms with Crippen LogP contribution in [0.25, 0.3) is 0 Å². The van der Waals surface area contributed by atoms with Gasteiger partial charge < -0.3 is 4.90 Å². The van der Waals surface area contributed by atoms with Crippen molar-refractivity contribution in [2.75, 3.05) is 31.1 Å². The topological polar surface area (TPSA) is 6.48 Å². The summed E-state index contributed by atoms with van der Waals surface area (Å²) in [5, 5.41) is -0.234. The second-order valence-corrected chi connectivity index (χ2v) is 6.20. The Kier molecular flexibility index (Phi) is 4.06. The lowest BCUT2D eigenvalue weighted by atomic mass is 9.99. The van der Waals surface area contributed by atoms with Gasteiger partial charge in [-0.3, -0.25) is 4.90 Å². The summed E-state index contributed by atoms with van der Waals surface area (Å²) in [5.74, 6) is 0. The van der Waals surface area contributed by atoms with E-state index >= 15 is 0 Å². The SMILES string of the molecule is FC(F)(F)c1cc(N2CCN3CCCCC3C2)ccc1Cl. The van der Waals surface area contributed by atoms with Gasteiger partial charge in [0.25, 0.3) is 0 Å². The molecule has 2 saturated heterocycles. The fourth-order valence-electron chi connectivity index (χ4n) is 3.32. The molecular weight excluding hydrogens is 301 g/mol. The molecule has 21 heavy (non-hydrogen) atoms. The lowest BCUT2D eigenvalue weighted by Crippen LogP contribution is -2.54. The van der Waals surface area contributed by atoms with E-state index < -0.39 is 11.7 Å². The Bertz CT molecular complexity index is 518. The van der Waals surface area contributed by atoms with Crippen molar-refractivity contribution in [3.8, 4) is 0 Å². The first-order valence-corrected chi connectivity index (χ1v) is 7.69. The van der Waals surface area contributed by atoms with Gasteiger partial charge in [0, 0.05) is 31.4 Å². The van der Waals surface area contributed by atoms with Gasteiger partial charge in [0.2, 0.25) is 0 Å². The second kappa shape index (κ2) is 5.69. The molecule has 0 saturated carbocycles. The highest BCUT2D eigenvalue weighted by molar-refractivity contribution is 6.31. The third kappa shape index (κ3) is 3.14. The maximum atomic E-state index is 13.0. The summed E-state index contributed by atoms with van der Waals surface area (Å²) in [5.41, 5.74) is -0.121. The standard InChI is InChI=1S/C15H18ClF3N2/c16-14-5-4-11(9-13(14)15(17,18)19)21-8-7-20-6-2-1-3-12(20)10-21/h4-5,9,12H,1-3,6-8,10H2. The van der Waals surface area contributed by atoms with Gasteiger partial charge in [-0.15, -0.1) is 0 Å². The lowest BCUT2D eigenvalue weighted by Gasteiger charge is -2.45. The predicted molar refractivity (Wildman–Crippen MR) is 77.9 cm³/mol. The molecular formula is C15H18ClF3N2. The molecule has 6 heteroatoms. The first-order chi connectivity index (χ1) is 9.95. The van der Waals surface area contributed by atoms with Crippen molar-refractivity contribution < 1.29 is 13.2 Å². The molecule has 0 aliphatic carbocycles. The fraction of sp³-hybridized carbons (Fsp3) is 0.600. The van der Waals surface area contributed by atoms with Crippen molar-refractivity contribution in [1.29, 1.82) is 0 Å².